The second-order valence-corrected chi connectivity index (χ2v) is 5.58. The number of hydrogen-bond acceptors (Lipinski definition) is 2. The van der Waals surface area contributed by atoms with Crippen molar-refractivity contribution in [1.29, 1.82) is 0 Å². The summed E-state index contributed by atoms with van der Waals surface area (Å²) in [6.07, 6.45) is 2.22. The minimum Gasteiger partial charge on any atom is -0.478 e. The maximum atomic E-state index is 14.0. The second-order valence-electron chi connectivity index (χ2n) is 5.58. The summed E-state index contributed by atoms with van der Waals surface area (Å²) >= 11 is 0. The molecule has 2 atom stereocenters. The van der Waals surface area contributed by atoms with E-state index in [0.717, 1.165) is 6.08 Å². The molecule has 0 aliphatic carbocycles. The van der Waals surface area contributed by atoms with E-state index in [9.17, 15) is 14.0 Å². The number of carbonyl (C=O) groups is 2. The van der Waals surface area contributed by atoms with Crippen molar-refractivity contribution in [3.05, 3.63) is 41.2 Å². The van der Waals surface area contributed by atoms with Gasteiger partial charge in [-0.25, -0.2) is 9.18 Å². The van der Waals surface area contributed by atoms with Crippen molar-refractivity contribution in [2.45, 2.75) is 13.8 Å². The van der Waals surface area contributed by atoms with Crippen molar-refractivity contribution in [3.8, 4) is 0 Å². The van der Waals surface area contributed by atoms with E-state index in [1.54, 1.807) is 11.0 Å². The first-order chi connectivity index (χ1) is 9.88. The number of rotatable bonds is 3. The average molecular weight is 291 g/mol. The molecule has 1 aliphatic rings. The Bertz CT molecular complexity index is 587. The van der Waals surface area contributed by atoms with Gasteiger partial charge in [0.15, 0.2) is 0 Å². The predicted octanol–water partition coefficient (Wildman–Crippen LogP) is 2.65. The molecule has 0 bridgehead atoms. The predicted molar refractivity (Wildman–Crippen MR) is 77.3 cm³/mol. The number of hydrogen-bond donors (Lipinski definition) is 1. The molecule has 1 amide bonds. The first-order valence-corrected chi connectivity index (χ1v) is 6.88. The van der Waals surface area contributed by atoms with Crippen molar-refractivity contribution in [1.82, 2.24) is 4.90 Å². The molecule has 0 spiro atoms. The average Bonchev–Trinajstić information content (AvgIpc) is 2.76. The molecule has 1 saturated heterocycles. The van der Waals surface area contributed by atoms with Crippen LogP contribution in [0.15, 0.2) is 24.3 Å². The summed E-state index contributed by atoms with van der Waals surface area (Å²) in [7, 11) is 0. The normalized spacial score (nSPS) is 22.0. The Morgan fingerprint density at radius 2 is 1.90 bits per heavy atom. The lowest BCUT2D eigenvalue weighted by atomic mass is 10.0. The van der Waals surface area contributed by atoms with Crippen LogP contribution in [0.5, 0.6) is 0 Å². The van der Waals surface area contributed by atoms with E-state index in [1.807, 2.05) is 0 Å². The number of carbonyl (C=O) groups excluding carboxylic acids is 1. The van der Waals surface area contributed by atoms with Gasteiger partial charge in [0.1, 0.15) is 5.82 Å². The van der Waals surface area contributed by atoms with Gasteiger partial charge in [0.2, 0.25) is 0 Å². The van der Waals surface area contributed by atoms with Crippen LogP contribution in [0.4, 0.5) is 4.39 Å². The monoisotopic (exact) mass is 291 g/mol. The highest BCUT2D eigenvalue weighted by atomic mass is 19.1. The third kappa shape index (κ3) is 3.48. The van der Waals surface area contributed by atoms with Crippen LogP contribution in [0.3, 0.4) is 0 Å². The summed E-state index contributed by atoms with van der Waals surface area (Å²) in [5, 5.41) is 8.54. The number of nitrogens with zero attached hydrogens (tertiary/aromatic N) is 1. The van der Waals surface area contributed by atoms with Gasteiger partial charge in [-0.15, -0.1) is 0 Å². The number of benzene rings is 1. The van der Waals surface area contributed by atoms with Gasteiger partial charge in [-0.1, -0.05) is 19.9 Å². The molecule has 1 aliphatic heterocycles. The number of aliphatic carboxylic acids is 1. The Morgan fingerprint density at radius 3 is 2.43 bits per heavy atom. The molecule has 2 unspecified atom stereocenters. The Morgan fingerprint density at radius 1 is 1.29 bits per heavy atom. The molecule has 2 rings (SSSR count). The fourth-order valence-corrected chi connectivity index (χ4v) is 2.44. The molecule has 5 heteroatoms. The zero-order valence-electron chi connectivity index (χ0n) is 12.0. The number of amides is 1. The SMILES string of the molecule is CC1CN(C(=O)c2ccc(C=CC(=O)O)cc2F)CC1C. The van der Waals surface area contributed by atoms with Gasteiger partial charge in [0.25, 0.3) is 5.91 Å². The Labute approximate surface area is 122 Å². The topological polar surface area (TPSA) is 57.6 Å². The lowest BCUT2D eigenvalue weighted by molar-refractivity contribution is -0.131. The van der Waals surface area contributed by atoms with Crippen molar-refractivity contribution in [2.24, 2.45) is 11.8 Å². The first kappa shape index (κ1) is 15.2. The van der Waals surface area contributed by atoms with Crippen LogP contribution in [0, 0.1) is 17.7 Å². The molecule has 21 heavy (non-hydrogen) atoms. The maximum Gasteiger partial charge on any atom is 0.328 e. The van der Waals surface area contributed by atoms with Gasteiger partial charge >= 0.3 is 5.97 Å². The maximum absolute atomic E-state index is 14.0. The molecular weight excluding hydrogens is 273 g/mol. The van der Waals surface area contributed by atoms with E-state index < -0.39 is 11.8 Å². The minimum atomic E-state index is -1.10. The summed E-state index contributed by atoms with van der Waals surface area (Å²) in [5.41, 5.74) is 0.443. The number of halogens is 1. The summed E-state index contributed by atoms with van der Waals surface area (Å²) in [5.74, 6) is -1.21. The molecule has 1 fully saturated rings. The third-order valence-corrected chi connectivity index (χ3v) is 3.92. The fourth-order valence-electron chi connectivity index (χ4n) is 2.44. The Kier molecular flexibility index (Phi) is 4.40. The van der Waals surface area contributed by atoms with Gasteiger partial charge in [-0.05, 0) is 35.6 Å². The summed E-state index contributed by atoms with van der Waals surface area (Å²) in [6, 6.07) is 4.13. The van der Waals surface area contributed by atoms with E-state index in [0.29, 0.717) is 30.5 Å². The quantitative estimate of drug-likeness (QED) is 0.871. The van der Waals surface area contributed by atoms with Crippen LogP contribution in [0.25, 0.3) is 6.08 Å². The van der Waals surface area contributed by atoms with Gasteiger partial charge in [0, 0.05) is 19.2 Å². The molecule has 1 N–H and O–H groups in total. The highest BCUT2D eigenvalue weighted by Crippen LogP contribution is 2.24. The van der Waals surface area contributed by atoms with Gasteiger partial charge in [-0.3, -0.25) is 4.79 Å². The molecule has 0 radical (unpaired) electrons. The van der Waals surface area contributed by atoms with E-state index in [4.69, 9.17) is 5.11 Å². The van der Waals surface area contributed by atoms with E-state index >= 15 is 0 Å². The zero-order chi connectivity index (χ0) is 15.6. The van der Waals surface area contributed by atoms with Crippen LogP contribution < -0.4 is 0 Å². The Hall–Kier alpha value is -2.17. The highest BCUT2D eigenvalue weighted by Gasteiger charge is 2.30. The number of carboxylic acid groups (broad SMARTS) is 1. The van der Waals surface area contributed by atoms with Crippen LogP contribution in [-0.4, -0.2) is 35.0 Å². The smallest absolute Gasteiger partial charge is 0.328 e. The lowest BCUT2D eigenvalue weighted by Gasteiger charge is -2.16. The zero-order valence-corrected chi connectivity index (χ0v) is 12.0. The molecular formula is C16H18FNO3. The summed E-state index contributed by atoms with van der Waals surface area (Å²) in [6.45, 7) is 5.43. The summed E-state index contributed by atoms with van der Waals surface area (Å²) < 4.78 is 14.0. The summed E-state index contributed by atoms with van der Waals surface area (Å²) in [4.78, 5) is 24.4. The molecule has 1 aromatic rings. The lowest BCUT2D eigenvalue weighted by Crippen LogP contribution is -2.29. The van der Waals surface area contributed by atoms with Crippen LogP contribution in [0.2, 0.25) is 0 Å². The molecule has 1 heterocycles. The minimum absolute atomic E-state index is 0.0313. The van der Waals surface area contributed by atoms with Crippen LogP contribution >= 0.6 is 0 Å². The highest BCUT2D eigenvalue weighted by molar-refractivity contribution is 5.95. The van der Waals surface area contributed by atoms with Crippen molar-refractivity contribution < 1.29 is 19.1 Å². The third-order valence-electron chi connectivity index (χ3n) is 3.92. The molecule has 112 valence electrons. The van der Waals surface area contributed by atoms with Crippen molar-refractivity contribution >= 4 is 18.0 Å². The Balaban J connectivity index is 2.17. The van der Waals surface area contributed by atoms with E-state index in [1.165, 1.54) is 18.2 Å². The van der Waals surface area contributed by atoms with Crippen molar-refractivity contribution in [2.75, 3.05) is 13.1 Å². The first-order valence-electron chi connectivity index (χ1n) is 6.88. The molecule has 0 saturated carbocycles. The van der Waals surface area contributed by atoms with Crippen LogP contribution in [-0.2, 0) is 4.79 Å². The van der Waals surface area contributed by atoms with E-state index in [-0.39, 0.29) is 11.5 Å². The standard InChI is InChI=1S/C16H18FNO3/c1-10-8-18(9-11(10)2)16(21)13-5-3-12(7-14(13)17)4-6-15(19)20/h3-7,10-11H,8-9H2,1-2H3,(H,19,20). The molecule has 1 aromatic carbocycles. The number of likely N-dealkylation sites (tertiary alicyclic amines) is 1. The van der Waals surface area contributed by atoms with Gasteiger partial charge in [-0.2, -0.15) is 0 Å². The van der Waals surface area contributed by atoms with Crippen molar-refractivity contribution in [3.63, 3.8) is 0 Å². The molecule has 4 nitrogen and oxygen atoms in total. The number of carboxylic acids is 1. The van der Waals surface area contributed by atoms with E-state index in [2.05, 4.69) is 13.8 Å². The van der Waals surface area contributed by atoms with Gasteiger partial charge < -0.3 is 10.0 Å². The fraction of sp³-hybridized carbons (Fsp3) is 0.375. The molecule has 0 aromatic heterocycles. The largest absolute Gasteiger partial charge is 0.478 e. The second kappa shape index (κ2) is 6.08. The van der Waals surface area contributed by atoms with Gasteiger partial charge in [0.05, 0.1) is 5.56 Å². The van der Waals surface area contributed by atoms with Crippen LogP contribution in [0.1, 0.15) is 29.8 Å².